The Morgan fingerprint density at radius 1 is 1.33 bits per heavy atom. The Morgan fingerprint density at radius 3 is 2.27 bits per heavy atom. The highest BCUT2D eigenvalue weighted by Gasteiger charge is 2.09. The second-order valence-electron chi connectivity index (χ2n) is 3.72. The average Bonchev–Trinajstić information content (AvgIpc) is 2.18. The van der Waals surface area contributed by atoms with Crippen LogP contribution in [0.15, 0.2) is 24.3 Å². The quantitative estimate of drug-likeness (QED) is 0.562. The molecule has 80 valence electrons. The number of ketones is 1. The number of carbonyl (C=O) groups excluding carboxylic acids is 1. The number of Topliss-reactive ketones (excluding diaryl/α,β-unsaturated/α-hetero) is 1. The van der Waals surface area contributed by atoms with Gasteiger partial charge in [0.2, 0.25) is 0 Å². The number of nitrogens with zero attached hydrogens (tertiary/aromatic N) is 1. The van der Waals surface area contributed by atoms with Crippen molar-refractivity contribution in [3.05, 3.63) is 39.9 Å². The molecule has 0 bridgehead atoms. The Labute approximate surface area is 88.1 Å². The highest BCUT2D eigenvalue weighted by Crippen LogP contribution is 2.13. The lowest BCUT2D eigenvalue weighted by molar-refractivity contribution is -0.384. The van der Waals surface area contributed by atoms with Gasteiger partial charge in [-0.1, -0.05) is 26.0 Å². The predicted octanol–water partition coefficient (Wildman–Crippen LogP) is 2.36. The molecule has 1 aromatic carbocycles. The molecule has 0 N–H and O–H groups in total. The summed E-state index contributed by atoms with van der Waals surface area (Å²) < 4.78 is 0. The number of rotatable bonds is 4. The molecule has 0 radical (unpaired) electrons. The van der Waals surface area contributed by atoms with E-state index in [9.17, 15) is 14.9 Å². The monoisotopic (exact) mass is 207 g/mol. The molecule has 0 atom stereocenters. The third-order valence-corrected chi connectivity index (χ3v) is 2.17. The van der Waals surface area contributed by atoms with E-state index in [1.165, 1.54) is 12.1 Å². The molecule has 4 nitrogen and oxygen atoms in total. The van der Waals surface area contributed by atoms with Crippen molar-refractivity contribution in [2.45, 2.75) is 20.3 Å². The van der Waals surface area contributed by atoms with Crippen molar-refractivity contribution in [1.29, 1.82) is 0 Å². The minimum absolute atomic E-state index is 0.000178. The van der Waals surface area contributed by atoms with E-state index in [0.717, 1.165) is 5.56 Å². The molecular formula is C11H13NO3. The fraction of sp³-hybridized carbons (Fsp3) is 0.364. The van der Waals surface area contributed by atoms with Gasteiger partial charge in [0.1, 0.15) is 5.78 Å². The molecular weight excluding hydrogens is 194 g/mol. The molecule has 15 heavy (non-hydrogen) atoms. The van der Waals surface area contributed by atoms with Gasteiger partial charge < -0.3 is 0 Å². The van der Waals surface area contributed by atoms with E-state index in [-0.39, 0.29) is 17.4 Å². The zero-order chi connectivity index (χ0) is 11.4. The fourth-order valence-corrected chi connectivity index (χ4v) is 1.14. The second-order valence-corrected chi connectivity index (χ2v) is 3.72. The van der Waals surface area contributed by atoms with Gasteiger partial charge in [0.15, 0.2) is 0 Å². The van der Waals surface area contributed by atoms with Crippen LogP contribution in [0.2, 0.25) is 0 Å². The van der Waals surface area contributed by atoms with Crippen LogP contribution in [-0.2, 0) is 11.2 Å². The van der Waals surface area contributed by atoms with Crippen LogP contribution in [0.3, 0.4) is 0 Å². The van der Waals surface area contributed by atoms with Crippen molar-refractivity contribution in [3.8, 4) is 0 Å². The van der Waals surface area contributed by atoms with Gasteiger partial charge in [-0.25, -0.2) is 0 Å². The molecule has 1 aromatic rings. The van der Waals surface area contributed by atoms with Crippen LogP contribution < -0.4 is 0 Å². The predicted molar refractivity (Wildman–Crippen MR) is 56.6 cm³/mol. The molecule has 0 spiro atoms. The largest absolute Gasteiger partial charge is 0.299 e. The Morgan fingerprint density at radius 2 is 1.87 bits per heavy atom. The number of hydrogen-bond acceptors (Lipinski definition) is 3. The van der Waals surface area contributed by atoms with E-state index in [1.807, 2.05) is 13.8 Å². The highest BCUT2D eigenvalue weighted by atomic mass is 16.6. The molecule has 0 saturated heterocycles. The average molecular weight is 207 g/mol. The van der Waals surface area contributed by atoms with E-state index >= 15 is 0 Å². The number of nitro groups is 1. The number of non-ortho nitro benzene ring substituents is 1. The third-order valence-electron chi connectivity index (χ3n) is 2.17. The van der Waals surface area contributed by atoms with Crippen LogP contribution in [0.5, 0.6) is 0 Å². The number of benzene rings is 1. The summed E-state index contributed by atoms with van der Waals surface area (Å²) in [6, 6.07) is 6.09. The van der Waals surface area contributed by atoms with Gasteiger partial charge in [0, 0.05) is 24.5 Å². The van der Waals surface area contributed by atoms with Gasteiger partial charge >= 0.3 is 0 Å². The van der Waals surface area contributed by atoms with E-state index in [4.69, 9.17) is 0 Å². The summed E-state index contributed by atoms with van der Waals surface area (Å²) in [6.45, 7) is 3.68. The first kappa shape index (κ1) is 11.4. The normalized spacial score (nSPS) is 10.3. The van der Waals surface area contributed by atoms with Crippen LogP contribution in [-0.4, -0.2) is 10.7 Å². The van der Waals surface area contributed by atoms with Crippen LogP contribution in [0.4, 0.5) is 5.69 Å². The van der Waals surface area contributed by atoms with Gasteiger partial charge in [-0.15, -0.1) is 0 Å². The smallest absolute Gasteiger partial charge is 0.269 e. The van der Waals surface area contributed by atoms with Crippen LogP contribution in [0.25, 0.3) is 0 Å². The van der Waals surface area contributed by atoms with E-state index in [2.05, 4.69) is 0 Å². The van der Waals surface area contributed by atoms with E-state index in [1.54, 1.807) is 12.1 Å². The lowest BCUT2D eigenvalue weighted by Gasteiger charge is -2.03. The summed E-state index contributed by atoms with van der Waals surface area (Å²) in [5.41, 5.74) is 0.870. The minimum atomic E-state index is -0.450. The molecule has 0 fully saturated rings. The minimum Gasteiger partial charge on any atom is -0.299 e. The molecule has 0 aliphatic rings. The van der Waals surface area contributed by atoms with Crippen molar-refractivity contribution < 1.29 is 9.72 Å². The maximum Gasteiger partial charge on any atom is 0.269 e. The fourth-order valence-electron chi connectivity index (χ4n) is 1.14. The van der Waals surface area contributed by atoms with Gasteiger partial charge in [-0.2, -0.15) is 0 Å². The second kappa shape index (κ2) is 4.68. The van der Waals surface area contributed by atoms with Crippen molar-refractivity contribution in [1.82, 2.24) is 0 Å². The maximum atomic E-state index is 11.4. The highest BCUT2D eigenvalue weighted by molar-refractivity contribution is 5.82. The first-order valence-corrected chi connectivity index (χ1v) is 4.76. The van der Waals surface area contributed by atoms with Crippen LogP contribution >= 0.6 is 0 Å². The zero-order valence-corrected chi connectivity index (χ0v) is 8.77. The number of carbonyl (C=O) groups is 1. The maximum absolute atomic E-state index is 11.4. The van der Waals surface area contributed by atoms with Crippen molar-refractivity contribution in [3.63, 3.8) is 0 Å². The Balaban J connectivity index is 2.73. The summed E-state index contributed by atoms with van der Waals surface area (Å²) in [5, 5.41) is 10.4. The van der Waals surface area contributed by atoms with Crippen molar-refractivity contribution in [2.24, 2.45) is 5.92 Å². The first-order chi connectivity index (χ1) is 7.00. The Bertz CT molecular complexity index is 368. The van der Waals surface area contributed by atoms with Crippen molar-refractivity contribution in [2.75, 3.05) is 0 Å². The van der Waals surface area contributed by atoms with E-state index < -0.39 is 4.92 Å². The summed E-state index contributed by atoms with van der Waals surface area (Å²) in [4.78, 5) is 21.3. The topological polar surface area (TPSA) is 60.2 Å². The molecule has 0 saturated carbocycles. The van der Waals surface area contributed by atoms with Gasteiger partial charge in [0.25, 0.3) is 5.69 Å². The Hall–Kier alpha value is -1.71. The van der Waals surface area contributed by atoms with Gasteiger partial charge in [0.05, 0.1) is 4.92 Å². The number of nitro benzene ring substituents is 1. The summed E-state index contributed by atoms with van der Waals surface area (Å²) in [5.74, 6) is 0.143. The standard InChI is InChI=1S/C11H13NO3/c1-8(2)11(13)7-9-3-5-10(6-4-9)12(14)15/h3-6,8H,7H2,1-2H3. The summed E-state index contributed by atoms with van der Waals surface area (Å²) in [6.07, 6.45) is 0.343. The summed E-state index contributed by atoms with van der Waals surface area (Å²) >= 11 is 0. The first-order valence-electron chi connectivity index (χ1n) is 4.76. The molecule has 4 heteroatoms. The number of hydrogen-bond donors (Lipinski definition) is 0. The molecule has 0 aliphatic carbocycles. The van der Waals surface area contributed by atoms with E-state index in [0.29, 0.717) is 6.42 Å². The van der Waals surface area contributed by atoms with Crippen LogP contribution in [0.1, 0.15) is 19.4 Å². The van der Waals surface area contributed by atoms with Gasteiger partial charge in [-0.05, 0) is 5.56 Å². The third kappa shape index (κ3) is 3.16. The Kier molecular flexibility index (Phi) is 3.55. The van der Waals surface area contributed by atoms with Crippen molar-refractivity contribution >= 4 is 11.5 Å². The van der Waals surface area contributed by atoms with Crippen LogP contribution in [0, 0.1) is 16.0 Å². The SMILES string of the molecule is CC(C)C(=O)Cc1ccc([N+](=O)[O-])cc1. The molecule has 0 aliphatic heterocycles. The molecule has 1 rings (SSSR count). The lowest BCUT2D eigenvalue weighted by atomic mass is 10.0. The molecule has 0 aromatic heterocycles. The molecule has 0 heterocycles. The molecule has 0 unspecified atom stereocenters. The summed E-state index contributed by atoms with van der Waals surface area (Å²) in [7, 11) is 0. The molecule has 0 amide bonds. The zero-order valence-electron chi connectivity index (χ0n) is 8.77. The van der Waals surface area contributed by atoms with Gasteiger partial charge in [-0.3, -0.25) is 14.9 Å². The lowest BCUT2D eigenvalue weighted by Crippen LogP contribution is -2.09.